The fourth-order valence-corrected chi connectivity index (χ4v) is 9.44. The van der Waals surface area contributed by atoms with Gasteiger partial charge in [-0.1, -0.05) is 35.0 Å². The van der Waals surface area contributed by atoms with E-state index in [0.29, 0.717) is 41.6 Å². The van der Waals surface area contributed by atoms with Crippen LogP contribution in [-0.4, -0.2) is 67.4 Å². The molecule has 6 heterocycles. The van der Waals surface area contributed by atoms with Crippen LogP contribution in [0.25, 0.3) is 16.6 Å². The molecule has 14 heteroatoms. The summed E-state index contributed by atoms with van der Waals surface area (Å²) >= 11 is 6.49. The average molecular weight is 767 g/mol. The van der Waals surface area contributed by atoms with Crippen LogP contribution in [-0.2, 0) is 21.5 Å². The molecule has 3 fully saturated rings. The van der Waals surface area contributed by atoms with Crippen molar-refractivity contribution >= 4 is 40.0 Å². The van der Waals surface area contributed by atoms with Crippen LogP contribution in [0.5, 0.6) is 0 Å². The van der Waals surface area contributed by atoms with Crippen molar-refractivity contribution < 1.29 is 18.4 Å². The summed E-state index contributed by atoms with van der Waals surface area (Å²) in [5.74, 6) is -2.51. The molecule has 284 valence electrons. The number of carbonyl (C=O) groups is 2. The van der Waals surface area contributed by atoms with Crippen molar-refractivity contribution in [1.82, 2.24) is 34.8 Å². The van der Waals surface area contributed by atoms with E-state index in [4.69, 9.17) is 11.6 Å². The van der Waals surface area contributed by atoms with E-state index in [0.717, 1.165) is 67.1 Å². The van der Waals surface area contributed by atoms with E-state index in [1.54, 1.807) is 6.07 Å². The van der Waals surface area contributed by atoms with E-state index < -0.39 is 34.8 Å². The molecular weight excluding hydrogens is 726 g/mol. The molecule has 3 saturated heterocycles. The van der Waals surface area contributed by atoms with Gasteiger partial charge in [-0.2, -0.15) is 4.98 Å². The van der Waals surface area contributed by atoms with E-state index in [1.165, 1.54) is 17.7 Å². The smallest absolute Gasteiger partial charge is 0.282 e. The summed E-state index contributed by atoms with van der Waals surface area (Å²) < 4.78 is 34.4. The lowest BCUT2D eigenvalue weighted by Crippen LogP contribution is -2.40. The van der Waals surface area contributed by atoms with Crippen molar-refractivity contribution in [2.24, 2.45) is 0 Å². The Bertz CT molecular complexity index is 2410. The number of hydrogen-bond acceptors (Lipinski definition) is 8. The molecule has 5 aromatic rings. The fourth-order valence-electron chi connectivity index (χ4n) is 9.19. The first-order chi connectivity index (χ1) is 26.5. The number of imide groups is 1. The molecule has 1 atom stereocenters. The lowest BCUT2D eigenvalue weighted by molar-refractivity contribution is -0.134. The molecular formula is C41H41ClF2N8O3. The van der Waals surface area contributed by atoms with Crippen molar-refractivity contribution in [2.45, 2.75) is 82.2 Å². The van der Waals surface area contributed by atoms with Crippen LogP contribution in [0.4, 0.5) is 14.5 Å². The third-order valence-corrected chi connectivity index (χ3v) is 12.5. The molecule has 0 radical (unpaired) electrons. The summed E-state index contributed by atoms with van der Waals surface area (Å²) in [6.07, 6.45) is 5.66. The Morgan fingerprint density at radius 3 is 2.40 bits per heavy atom. The highest BCUT2D eigenvalue weighted by atomic mass is 35.5. The van der Waals surface area contributed by atoms with E-state index in [1.807, 2.05) is 27.9 Å². The minimum absolute atomic E-state index is 0.0529. The number of benzene rings is 3. The maximum atomic E-state index is 15.2. The van der Waals surface area contributed by atoms with Gasteiger partial charge in [0.15, 0.2) is 0 Å². The monoisotopic (exact) mass is 766 g/mol. The molecule has 0 saturated carbocycles. The number of anilines is 1. The standard InChI is InChI=1S/C41H41ClF2N8O3/c1-41(2)29-8-6-24(18-34(29)52-33-5-3-4-30(42)37(33)39(55)46-40(41)52)23-10-14-49(15-11-23)21-25-22-51(48-47-25)26-12-16-50(17-13-26)27-19-31(43)36(32(44)20-27)28-7-9-35(53)45-38(28)54/h3-6,8,18-20,22-23,26,28H,7,9-17,21H2,1-2H3,(H,45,53,54). The van der Waals surface area contributed by atoms with E-state index in [9.17, 15) is 14.4 Å². The van der Waals surface area contributed by atoms with Gasteiger partial charge >= 0.3 is 0 Å². The summed E-state index contributed by atoms with van der Waals surface area (Å²) in [4.78, 5) is 45.7. The number of likely N-dealkylation sites (tertiary alicyclic amines) is 1. The molecule has 55 heavy (non-hydrogen) atoms. The van der Waals surface area contributed by atoms with Crippen LogP contribution in [0.1, 0.15) is 98.5 Å². The Hall–Kier alpha value is -5.01. The second-order valence-corrected chi connectivity index (χ2v) is 16.3. The number of halogens is 3. The van der Waals surface area contributed by atoms with Gasteiger partial charge in [-0.25, -0.2) is 13.5 Å². The molecule has 9 rings (SSSR count). The van der Waals surface area contributed by atoms with Gasteiger partial charge in [0.05, 0.1) is 50.9 Å². The third kappa shape index (κ3) is 6.21. The Kier molecular flexibility index (Phi) is 8.84. The molecule has 4 aliphatic rings. The summed E-state index contributed by atoms with van der Waals surface area (Å²) in [5, 5.41) is 12.0. The van der Waals surface area contributed by atoms with Gasteiger partial charge in [-0.3, -0.25) is 29.2 Å². The minimum atomic E-state index is -1.02. The van der Waals surface area contributed by atoms with Crippen molar-refractivity contribution in [3.63, 3.8) is 0 Å². The van der Waals surface area contributed by atoms with Crippen LogP contribution in [0.2, 0.25) is 5.02 Å². The first-order valence-corrected chi connectivity index (χ1v) is 19.4. The van der Waals surface area contributed by atoms with Crippen LogP contribution >= 0.6 is 11.6 Å². The number of fused-ring (bicyclic) bond motifs is 5. The first-order valence-electron chi connectivity index (χ1n) is 19.0. The zero-order valence-corrected chi connectivity index (χ0v) is 31.5. The number of piperidine rings is 3. The van der Waals surface area contributed by atoms with E-state index in [2.05, 4.69) is 62.1 Å². The predicted octanol–water partition coefficient (Wildman–Crippen LogP) is 6.29. The number of amides is 2. The minimum Gasteiger partial charge on any atom is -0.371 e. The van der Waals surface area contributed by atoms with Gasteiger partial charge in [0.2, 0.25) is 11.8 Å². The molecule has 2 aromatic heterocycles. The Balaban J connectivity index is 0.820. The lowest BCUT2D eigenvalue weighted by Gasteiger charge is -2.34. The topological polar surface area (TPSA) is 118 Å². The summed E-state index contributed by atoms with van der Waals surface area (Å²) in [6, 6.07) is 15.0. The van der Waals surface area contributed by atoms with Gasteiger partial charge in [-0.15, -0.1) is 5.10 Å². The lowest BCUT2D eigenvalue weighted by atomic mass is 9.83. The maximum Gasteiger partial charge on any atom is 0.282 e. The molecule has 0 bridgehead atoms. The zero-order chi connectivity index (χ0) is 38.2. The molecule has 4 aliphatic heterocycles. The van der Waals surface area contributed by atoms with Gasteiger partial charge in [-0.05, 0) is 106 Å². The van der Waals surface area contributed by atoms with Gasteiger partial charge in [0, 0.05) is 37.3 Å². The highest BCUT2D eigenvalue weighted by Crippen LogP contribution is 2.45. The number of rotatable bonds is 6. The predicted molar refractivity (Wildman–Crippen MR) is 204 cm³/mol. The maximum absolute atomic E-state index is 15.2. The molecule has 0 aliphatic carbocycles. The fraction of sp³-hybridized carbons (Fsp3) is 0.415. The average Bonchev–Trinajstić information content (AvgIpc) is 3.72. The summed E-state index contributed by atoms with van der Waals surface area (Å²) in [5.41, 5.74) is 4.62. The second-order valence-electron chi connectivity index (χ2n) is 15.9. The van der Waals surface area contributed by atoms with Gasteiger partial charge in [0.1, 0.15) is 17.5 Å². The SMILES string of the molecule is CC1(C)c2ccc(C3CCN(Cc4cn(C5CCN(c6cc(F)c(C7CCC(=O)NC7=O)c(F)c6)CC5)nn4)CC3)cc2-n2c1nc(=O)c1c(Cl)cccc12. The van der Waals surface area contributed by atoms with Crippen LogP contribution in [0, 0.1) is 11.6 Å². The van der Waals surface area contributed by atoms with Crippen LogP contribution in [0.15, 0.2) is 59.5 Å². The highest BCUT2D eigenvalue weighted by molar-refractivity contribution is 6.35. The molecule has 0 spiro atoms. The largest absolute Gasteiger partial charge is 0.371 e. The van der Waals surface area contributed by atoms with Gasteiger partial charge < -0.3 is 4.90 Å². The molecule has 3 aromatic carbocycles. The Morgan fingerprint density at radius 2 is 1.67 bits per heavy atom. The third-order valence-electron chi connectivity index (χ3n) is 12.2. The van der Waals surface area contributed by atoms with E-state index >= 15 is 8.78 Å². The Morgan fingerprint density at radius 1 is 0.927 bits per heavy atom. The van der Waals surface area contributed by atoms with Crippen molar-refractivity contribution in [1.29, 1.82) is 0 Å². The van der Waals surface area contributed by atoms with Crippen molar-refractivity contribution in [2.75, 3.05) is 31.1 Å². The summed E-state index contributed by atoms with van der Waals surface area (Å²) in [7, 11) is 0. The van der Waals surface area contributed by atoms with Crippen molar-refractivity contribution in [3.8, 4) is 5.69 Å². The van der Waals surface area contributed by atoms with Crippen molar-refractivity contribution in [3.05, 3.63) is 110 Å². The van der Waals surface area contributed by atoms with Crippen LogP contribution in [0.3, 0.4) is 0 Å². The Labute approximate surface area is 321 Å². The van der Waals surface area contributed by atoms with E-state index in [-0.39, 0.29) is 30.0 Å². The molecule has 11 nitrogen and oxygen atoms in total. The summed E-state index contributed by atoms with van der Waals surface area (Å²) in [6.45, 7) is 7.98. The number of nitrogens with one attached hydrogen (secondary N) is 1. The normalized spacial score (nSPS) is 20.5. The quantitative estimate of drug-likeness (QED) is 0.201. The molecule has 1 unspecified atom stereocenters. The molecule has 1 N–H and O–H groups in total. The zero-order valence-electron chi connectivity index (χ0n) is 30.7. The number of hydrogen-bond donors (Lipinski definition) is 1. The second kappa shape index (κ2) is 13.6. The molecule has 2 amide bonds. The number of carbonyl (C=O) groups excluding carboxylic acids is 2. The number of nitrogens with zero attached hydrogens (tertiary/aromatic N) is 7. The van der Waals surface area contributed by atoms with Gasteiger partial charge in [0.25, 0.3) is 5.56 Å². The van der Waals surface area contributed by atoms with Crippen LogP contribution < -0.4 is 15.8 Å². The highest BCUT2D eigenvalue weighted by Gasteiger charge is 2.39. The number of aromatic nitrogens is 5. The first kappa shape index (κ1) is 35.7.